The highest BCUT2D eigenvalue weighted by atomic mass is 79.9. The van der Waals surface area contributed by atoms with E-state index in [1.165, 1.54) is 5.56 Å². The second kappa shape index (κ2) is 8.94. The predicted octanol–water partition coefficient (Wildman–Crippen LogP) is 4.62. The number of amides is 1. The van der Waals surface area contributed by atoms with Gasteiger partial charge in [0.2, 0.25) is 0 Å². The molecule has 23 heavy (non-hydrogen) atoms. The molecule has 1 amide bonds. The number of carbonyl (C=O) groups excluding carboxylic acids is 1. The average Bonchev–Trinajstić information content (AvgIpc) is 2.53. The minimum Gasteiger partial charge on any atom is -0.483 e. The molecule has 0 fully saturated rings. The van der Waals surface area contributed by atoms with E-state index in [2.05, 4.69) is 33.4 Å². The Hall–Kier alpha value is -1.52. The fourth-order valence-corrected chi connectivity index (χ4v) is 2.95. The summed E-state index contributed by atoms with van der Waals surface area (Å²) in [5, 5.41) is 3.56. The molecule has 1 atom stereocenters. The number of nitrogens with one attached hydrogen (secondary N) is 1. The van der Waals surface area contributed by atoms with Gasteiger partial charge in [0.05, 0.1) is 4.47 Å². The Labute approximate surface area is 150 Å². The molecule has 0 radical (unpaired) electrons. The van der Waals surface area contributed by atoms with Crippen LogP contribution in [0, 0.1) is 0 Å². The standard InChI is InChI=1S/C18H19BrClNO2/c1-13(7-8-14-5-3-2-4-6-14)21-18(22)12-23-17-10-9-15(20)11-16(17)19/h2-6,9-11,13H,7-8,12H2,1H3,(H,21,22)/t13-/m1/s1. The molecule has 0 spiro atoms. The van der Waals surface area contributed by atoms with E-state index in [1.807, 2.05) is 25.1 Å². The molecule has 0 heterocycles. The van der Waals surface area contributed by atoms with E-state index in [-0.39, 0.29) is 18.6 Å². The molecule has 2 aromatic rings. The van der Waals surface area contributed by atoms with Gasteiger partial charge in [-0.15, -0.1) is 0 Å². The van der Waals surface area contributed by atoms with Crippen molar-refractivity contribution in [3.05, 3.63) is 63.6 Å². The van der Waals surface area contributed by atoms with Crippen LogP contribution in [-0.4, -0.2) is 18.6 Å². The third kappa shape index (κ3) is 6.24. The number of benzene rings is 2. The Kier molecular flexibility index (Phi) is 6.93. The van der Waals surface area contributed by atoms with Crippen LogP contribution in [0.15, 0.2) is 53.0 Å². The van der Waals surface area contributed by atoms with E-state index in [0.717, 1.165) is 17.3 Å². The molecule has 2 aromatic carbocycles. The van der Waals surface area contributed by atoms with E-state index >= 15 is 0 Å². The van der Waals surface area contributed by atoms with Crippen molar-refractivity contribution in [3.63, 3.8) is 0 Å². The van der Waals surface area contributed by atoms with E-state index in [1.54, 1.807) is 18.2 Å². The lowest BCUT2D eigenvalue weighted by Crippen LogP contribution is -2.36. The maximum atomic E-state index is 11.9. The molecule has 0 bridgehead atoms. The van der Waals surface area contributed by atoms with Crippen molar-refractivity contribution < 1.29 is 9.53 Å². The number of carbonyl (C=O) groups is 1. The van der Waals surface area contributed by atoms with Crippen LogP contribution in [0.25, 0.3) is 0 Å². The monoisotopic (exact) mass is 395 g/mol. The summed E-state index contributed by atoms with van der Waals surface area (Å²) in [5.41, 5.74) is 1.27. The van der Waals surface area contributed by atoms with Crippen molar-refractivity contribution >= 4 is 33.4 Å². The van der Waals surface area contributed by atoms with Crippen molar-refractivity contribution in [1.82, 2.24) is 5.32 Å². The number of rotatable bonds is 7. The van der Waals surface area contributed by atoms with Crippen LogP contribution < -0.4 is 10.1 Å². The lowest BCUT2D eigenvalue weighted by molar-refractivity contribution is -0.123. The molecule has 0 aliphatic rings. The third-order valence-electron chi connectivity index (χ3n) is 3.37. The average molecular weight is 397 g/mol. The first-order chi connectivity index (χ1) is 11.0. The molecule has 122 valence electrons. The van der Waals surface area contributed by atoms with Crippen molar-refractivity contribution in [2.75, 3.05) is 6.61 Å². The Bertz CT molecular complexity index is 649. The molecule has 0 unspecified atom stereocenters. The zero-order valence-electron chi connectivity index (χ0n) is 12.9. The Morgan fingerprint density at radius 3 is 2.70 bits per heavy atom. The molecule has 0 saturated heterocycles. The van der Waals surface area contributed by atoms with Crippen LogP contribution in [-0.2, 0) is 11.2 Å². The van der Waals surface area contributed by atoms with Crippen molar-refractivity contribution in [2.45, 2.75) is 25.8 Å². The number of hydrogen-bond acceptors (Lipinski definition) is 2. The minimum absolute atomic E-state index is 0.0179. The molecular formula is C18H19BrClNO2. The zero-order valence-corrected chi connectivity index (χ0v) is 15.2. The van der Waals surface area contributed by atoms with Crippen LogP contribution in [0.1, 0.15) is 18.9 Å². The Morgan fingerprint density at radius 1 is 1.26 bits per heavy atom. The van der Waals surface area contributed by atoms with Crippen LogP contribution in [0.2, 0.25) is 5.02 Å². The van der Waals surface area contributed by atoms with Gasteiger partial charge >= 0.3 is 0 Å². The van der Waals surface area contributed by atoms with Gasteiger partial charge in [-0.25, -0.2) is 0 Å². The second-order valence-corrected chi connectivity index (χ2v) is 6.65. The van der Waals surface area contributed by atoms with Crippen molar-refractivity contribution in [3.8, 4) is 5.75 Å². The maximum Gasteiger partial charge on any atom is 0.258 e. The Morgan fingerprint density at radius 2 is 2.00 bits per heavy atom. The molecule has 3 nitrogen and oxygen atoms in total. The predicted molar refractivity (Wildman–Crippen MR) is 97.0 cm³/mol. The minimum atomic E-state index is -0.132. The van der Waals surface area contributed by atoms with E-state index in [4.69, 9.17) is 16.3 Å². The smallest absolute Gasteiger partial charge is 0.258 e. The number of hydrogen-bond donors (Lipinski definition) is 1. The van der Waals surface area contributed by atoms with Gasteiger partial charge < -0.3 is 10.1 Å². The summed E-state index contributed by atoms with van der Waals surface area (Å²) in [6, 6.07) is 15.5. The molecule has 0 aliphatic carbocycles. The van der Waals surface area contributed by atoms with Crippen molar-refractivity contribution in [2.24, 2.45) is 0 Å². The largest absolute Gasteiger partial charge is 0.483 e. The number of halogens is 2. The van der Waals surface area contributed by atoms with Crippen LogP contribution in [0.4, 0.5) is 0 Å². The van der Waals surface area contributed by atoms with E-state index in [0.29, 0.717) is 10.8 Å². The quantitative estimate of drug-likeness (QED) is 0.741. The maximum absolute atomic E-state index is 11.9. The van der Waals surface area contributed by atoms with E-state index < -0.39 is 0 Å². The SMILES string of the molecule is C[C@H](CCc1ccccc1)NC(=O)COc1ccc(Cl)cc1Br. The molecule has 0 aromatic heterocycles. The van der Waals surface area contributed by atoms with Gasteiger partial charge in [0.15, 0.2) is 6.61 Å². The highest BCUT2D eigenvalue weighted by Crippen LogP contribution is 2.27. The van der Waals surface area contributed by atoms with Gasteiger partial charge in [0.25, 0.3) is 5.91 Å². The molecular weight excluding hydrogens is 378 g/mol. The zero-order chi connectivity index (χ0) is 16.7. The first-order valence-corrected chi connectivity index (χ1v) is 8.63. The van der Waals surface area contributed by atoms with E-state index in [9.17, 15) is 4.79 Å². The van der Waals surface area contributed by atoms with Crippen LogP contribution in [0.3, 0.4) is 0 Å². The van der Waals surface area contributed by atoms with Gasteiger partial charge in [0.1, 0.15) is 5.75 Å². The number of aryl methyl sites for hydroxylation is 1. The third-order valence-corrected chi connectivity index (χ3v) is 4.22. The summed E-state index contributed by atoms with van der Waals surface area (Å²) in [5.74, 6) is 0.467. The van der Waals surface area contributed by atoms with Crippen molar-refractivity contribution in [1.29, 1.82) is 0 Å². The van der Waals surface area contributed by atoms with Gasteiger partial charge in [-0.05, 0) is 59.5 Å². The Balaban J connectivity index is 1.73. The fourth-order valence-electron chi connectivity index (χ4n) is 2.15. The molecule has 5 heteroatoms. The summed E-state index contributed by atoms with van der Waals surface area (Å²) < 4.78 is 6.23. The lowest BCUT2D eigenvalue weighted by atomic mass is 10.1. The molecule has 0 aliphatic heterocycles. The summed E-state index contributed by atoms with van der Waals surface area (Å²) in [7, 11) is 0. The molecule has 0 saturated carbocycles. The summed E-state index contributed by atoms with van der Waals surface area (Å²) >= 11 is 9.23. The van der Waals surface area contributed by atoms with Crippen LogP contribution >= 0.6 is 27.5 Å². The first-order valence-electron chi connectivity index (χ1n) is 7.45. The summed E-state index contributed by atoms with van der Waals surface area (Å²) in [4.78, 5) is 11.9. The normalized spacial score (nSPS) is 11.8. The molecule has 2 rings (SSSR count). The highest BCUT2D eigenvalue weighted by molar-refractivity contribution is 9.10. The second-order valence-electron chi connectivity index (χ2n) is 5.36. The summed E-state index contributed by atoms with van der Waals surface area (Å²) in [6.07, 6.45) is 1.83. The fraction of sp³-hybridized carbons (Fsp3) is 0.278. The lowest BCUT2D eigenvalue weighted by Gasteiger charge is -2.14. The van der Waals surface area contributed by atoms with Gasteiger partial charge in [-0.1, -0.05) is 41.9 Å². The highest BCUT2D eigenvalue weighted by Gasteiger charge is 2.09. The van der Waals surface area contributed by atoms with Gasteiger partial charge in [-0.3, -0.25) is 4.79 Å². The van der Waals surface area contributed by atoms with Gasteiger partial charge in [0, 0.05) is 11.1 Å². The van der Waals surface area contributed by atoms with Gasteiger partial charge in [-0.2, -0.15) is 0 Å². The van der Waals surface area contributed by atoms with Crippen LogP contribution in [0.5, 0.6) is 5.75 Å². The molecule has 1 N–H and O–H groups in total. The summed E-state index contributed by atoms with van der Waals surface area (Å²) in [6.45, 7) is 1.98. The first kappa shape index (κ1) is 17.8. The number of ether oxygens (including phenoxy) is 1. The topological polar surface area (TPSA) is 38.3 Å².